The molecule has 24 heavy (non-hydrogen) atoms. The fraction of sp³-hybridized carbons (Fsp3) is 0.125. The summed E-state index contributed by atoms with van der Waals surface area (Å²) in [5.41, 5.74) is 0.969. The Morgan fingerprint density at radius 3 is 2.50 bits per heavy atom. The largest absolute Gasteiger partial charge is 0.452 e. The molecule has 8 nitrogen and oxygen atoms in total. The van der Waals surface area contributed by atoms with Gasteiger partial charge in [0.25, 0.3) is 11.6 Å². The maximum Gasteiger partial charge on any atom is 0.338 e. The molecule has 0 aliphatic carbocycles. The van der Waals surface area contributed by atoms with Crippen molar-refractivity contribution < 1.29 is 24.4 Å². The summed E-state index contributed by atoms with van der Waals surface area (Å²) in [4.78, 5) is 33.6. The number of hydrogen-bond donors (Lipinski definition) is 2. The summed E-state index contributed by atoms with van der Waals surface area (Å²) in [6.45, 7) is -0.662. The molecule has 1 amide bonds. The predicted octanol–water partition coefficient (Wildman–Crippen LogP) is 1.88. The van der Waals surface area contributed by atoms with Crippen molar-refractivity contribution in [3.05, 3.63) is 69.8 Å². The molecule has 0 aliphatic rings. The molecule has 0 unspecified atom stereocenters. The van der Waals surface area contributed by atoms with E-state index in [4.69, 9.17) is 9.84 Å². The number of nitrogens with one attached hydrogen (secondary N) is 1. The van der Waals surface area contributed by atoms with Crippen molar-refractivity contribution >= 4 is 23.3 Å². The van der Waals surface area contributed by atoms with Crippen LogP contribution < -0.4 is 5.32 Å². The number of hydrogen-bond acceptors (Lipinski definition) is 6. The molecule has 0 fully saturated rings. The number of anilines is 1. The molecule has 0 bridgehead atoms. The van der Waals surface area contributed by atoms with E-state index in [1.807, 2.05) is 0 Å². The van der Waals surface area contributed by atoms with Gasteiger partial charge in [0.15, 0.2) is 6.61 Å². The number of nitrogens with zero attached hydrogens (tertiary/aromatic N) is 1. The number of aliphatic hydroxyl groups is 1. The Bertz CT molecular complexity index is 757. The number of ether oxygens (including phenoxy) is 1. The minimum atomic E-state index is -0.686. The summed E-state index contributed by atoms with van der Waals surface area (Å²) in [5, 5.41) is 22.0. The number of esters is 1. The highest BCUT2D eigenvalue weighted by Crippen LogP contribution is 2.16. The lowest BCUT2D eigenvalue weighted by Gasteiger charge is -2.07. The molecule has 0 spiro atoms. The molecular weight excluding hydrogens is 316 g/mol. The van der Waals surface area contributed by atoms with Crippen molar-refractivity contribution in [1.29, 1.82) is 0 Å². The smallest absolute Gasteiger partial charge is 0.338 e. The van der Waals surface area contributed by atoms with E-state index in [-0.39, 0.29) is 23.5 Å². The van der Waals surface area contributed by atoms with Gasteiger partial charge in [0.1, 0.15) is 0 Å². The number of nitro groups is 1. The number of nitro benzene ring substituents is 1. The Labute approximate surface area is 136 Å². The molecule has 2 aromatic carbocycles. The number of amides is 1. The molecule has 8 heteroatoms. The van der Waals surface area contributed by atoms with E-state index in [1.165, 1.54) is 36.4 Å². The summed E-state index contributed by atoms with van der Waals surface area (Å²) in [7, 11) is 0. The third-order valence-corrected chi connectivity index (χ3v) is 3.05. The van der Waals surface area contributed by atoms with Crippen LogP contribution in [0.1, 0.15) is 15.9 Å². The van der Waals surface area contributed by atoms with Crippen LogP contribution in [-0.2, 0) is 16.1 Å². The molecule has 124 valence electrons. The van der Waals surface area contributed by atoms with Crippen LogP contribution in [0.5, 0.6) is 0 Å². The second kappa shape index (κ2) is 7.84. The standard InChI is InChI=1S/C16H14N2O6/c19-9-11-4-6-12(7-5-11)16(21)24-10-15(20)17-13-2-1-3-14(8-13)18(22)23/h1-8,19H,9-10H2,(H,17,20). The monoisotopic (exact) mass is 330 g/mol. The molecule has 0 aliphatic heterocycles. The minimum absolute atomic E-state index is 0.138. The molecule has 0 radical (unpaired) electrons. The Kier molecular flexibility index (Phi) is 5.58. The Balaban J connectivity index is 1.89. The maximum atomic E-state index is 11.8. The highest BCUT2D eigenvalue weighted by Gasteiger charge is 2.12. The third-order valence-electron chi connectivity index (χ3n) is 3.05. The van der Waals surface area contributed by atoms with Crippen LogP contribution in [0.4, 0.5) is 11.4 Å². The molecule has 0 heterocycles. The predicted molar refractivity (Wildman–Crippen MR) is 84.4 cm³/mol. The quantitative estimate of drug-likeness (QED) is 0.474. The van der Waals surface area contributed by atoms with Gasteiger partial charge in [-0.25, -0.2) is 4.79 Å². The molecule has 0 aromatic heterocycles. The van der Waals surface area contributed by atoms with Crippen molar-refractivity contribution in [1.82, 2.24) is 0 Å². The van der Waals surface area contributed by atoms with Crippen LogP contribution in [0, 0.1) is 10.1 Å². The van der Waals surface area contributed by atoms with Gasteiger partial charge < -0.3 is 15.2 Å². The summed E-state index contributed by atoms with van der Waals surface area (Å²) >= 11 is 0. The number of benzene rings is 2. The van der Waals surface area contributed by atoms with Crippen LogP contribution >= 0.6 is 0 Å². The Morgan fingerprint density at radius 2 is 1.88 bits per heavy atom. The second-order valence-corrected chi connectivity index (χ2v) is 4.79. The zero-order valence-electron chi connectivity index (χ0n) is 12.5. The molecular formula is C16H14N2O6. The number of aliphatic hydroxyl groups excluding tert-OH is 1. The number of carbonyl (C=O) groups excluding carboxylic acids is 2. The van der Waals surface area contributed by atoms with Crippen molar-refractivity contribution in [3.8, 4) is 0 Å². The first-order valence-corrected chi connectivity index (χ1v) is 6.91. The van der Waals surface area contributed by atoms with Gasteiger partial charge in [0, 0.05) is 17.8 Å². The minimum Gasteiger partial charge on any atom is -0.452 e. The van der Waals surface area contributed by atoms with Crippen LogP contribution in [-0.4, -0.2) is 28.5 Å². The first-order valence-electron chi connectivity index (χ1n) is 6.91. The zero-order chi connectivity index (χ0) is 17.5. The molecule has 2 N–H and O–H groups in total. The highest BCUT2D eigenvalue weighted by molar-refractivity contribution is 5.95. The zero-order valence-corrected chi connectivity index (χ0v) is 12.5. The number of non-ortho nitro benzene ring substituents is 1. The summed E-state index contributed by atoms with van der Waals surface area (Å²) < 4.78 is 4.87. The van der Waals surface area contributed by atoms with Gasteiger partial charge in [-0.2, -0.15) is 0 Å². The topological polar surface area (TPSA) is 119 Å². The van der Waals surface area contributed by atoms with Gasteiger partial charge in [-0.05, 0) is 23.8 Å². The lowest BCUT2D eigenvalue weighted by Crippen LogP contribution is -2.21. The Hall–Kier alpha value is -3.26. The van der Waals surface area contributed by atoms with E-state index < -0.39 is 23.4 Å². The van der Waals surface area contributed by atoms with Gasteiger partial charge in [0.2, 0.25) is 0 Å². The van der Waals surface area contributed by atoms with Crippen molar-refractivity contribution in [2.75, 3.05) is 11.9 Å². The molecule has 0 saturated heterocycles. The first kappa shape index (κ1) is 17.1. The summed E-state index contributed by atoms with van der Waals surface area (Å²) in [5.74, 6) is -1.30. The average Bonchev–Trinajstić information content (AvgIpc) is 2.60. The summed E-state index contributed by atoms with van der Waals surface area (Å²) in [6, 6.07) is 11.5. The molecule has 0 saturated carbocycles. The second-order valence-electron chi connectivity index (χ2n) is 4.79. The fourth-order valence-electron chi connectivity index (χ4n) is 1.85. The van der Waals surface area contributed by atoms with E-state index in [0.717, 1.165) is 0 Å². The van der Waals surface area contributed by atoms with Gasteiger partial charge in [-0.15, -0.1) is 0 Å². The van der Waals surface area contributed by atoms with Crippen LogP contribution in [0.25, 0.3) is 0 Å². The highest BCUT2D eigenvalue weighted by atomic mass is 16.6. The van der Waals surface area contributed by atoms with E-state index in [1.54, 1.807) is 12.1 Å². The molecule has 0 atom stereocenters. The normalized spacial score (nSPS) is 10.0. The molecule has 2 rings (SSSR count). The van der Waals surface area contributed by atoms with Crippen LogP contribution in [0.2, 0.25) is 0 Å². The Morgan fingerprint density at radius 1 is 1.17 bits per heavy atom. The van der Waals surface area contributed by atoms with Crippen molar-refractivity contribution in [3.63, 3.8) is 0 Å². The summed E-state index contributed by atoms with van der Waals surface area (Å²) in [6.07, 6.45) is 0. The van der Waals surface area contributed by atoms with E-state index in [2.05, 4.69) is 5.32 Å². The van der Waals surface area contributed by atoms with Crippen molar-refractivity contribution in [2.45, 2.75) is 6.61 Å². The lowest BCUT2D eigenvalue weighted by molar-refractivity contribution is -0.384. The van der Waals surface area contributed by atoms with E-state index in [9.17, 15) is 19.7 Å². The molecule has 2 aromatic rings. The van der Waals surface area contributed by atoms with Gasteiger partial charge in [-0.3, -0.25) is 14.9 Å². The first-order chi connectivity index (χ1) is 11.5. The van der Waals surface area contributed by atoms with Gasteiger partial charge in [0.05, 0.1) is 17.1 Å². The fourth-order valence-corrected chi connectivity index (χ4v) is 1.85. The number of carbonyl (C=O) groups is 2. The van der Waals surface area contributed by atoms with Crippen LogP contribution in [0.15, 0.2) is 48.5 Å². The SMILES string of the molecule is O=C(COC(=O)c1ccc(CO)cc1)Nc1cccc([N+](=O)[O-])c1. The maximum absolute atomic E-state index is 11.8. The van der Waals surface area contributed by atoms with E-state index >= 15 is 0 Å². The number of rotatable bonds is 6. The van der Waals surface area contributed by atoms with E-state index in [0.29, 0.717) is 5.56 Å². The van der Waals surface area contributed by atoms with Gasteiger partial charge in [-0.1, -0.05) is 18.2 Å². The lowest BCUT2D eigenvalue weighted by atomic mass is 10.1. The van der Waals surface area contributed by atoms with Gasteiger partial charge >= 0.3 is 5.97 Å². The van der Waals surface area contributed by atoms with Crippen molar-refractivity contribution in [2.24, 2.45) is 0 Å². The third kappa shape index (κ3) is 4.62. The average molecular weight is 330 g/mol. The van der Waals surface area contributed by atoms with Crippen LogP contribution in [0.3, 0.4) is 0 Å².